The third-order valence-electron chi connectivity index (χ3n) is 5.03. The van der Waals surface area contributed by atoms with E-state index in [-0.39, 0.29) is 17.2 Å². The maximum absolute atomic E-state index is 12.5. The van der Waals surface area contributed by atoms with E-state index in [9.17, 15) is 14.4 Å². The van der Waals surface area contributed by atoms with Crippen molar-refractivity contribution in [1.29, 1.82) is 0 Å². The van der Waals surface area contributed by atoms with Gasteiger partial charge in [0.15, 0.2) is 0 Å². The molecule has 0 bridgehead atoms. The van der Waals surface area contributed by atoms with E-state index in [0.717, 1.165) is 12.0 Å². The van der Waals surface area contributed by atoms with Crippen LogP contribution in [0.5, 0.6) is 0 Å². The fourth-order valence-electron chi connectivity index (χ4n) is 3.79. The van der Waals surface area contributed by atoms with Crippen LogP contribution in [0, 0.1) is 5.41 Å². The van der Waals surface area contributed by atoms with Crippen LogP contribution < -0.4 is 5.32 Å². The monoisotopic (exact) mass is 315 g/mol. The Hall–Kier alpha value is -2.57. The third-order valence-corrected chi connectivity index (χ3v) is 5.03. The van der Waals surface area contributed by atoms with Crippen LogP contribution in [0.15, 0.2) is 18.2 Å². The molecule has 0 aliphatic carbocycles. The van der Waals surface area contributed by atoms with Crippen LogP contribution in [-0.4, -0.2) is 59.0 Å². The minimum Gasteiger partial charge on any atom is -0.465 e. The van der Waals surface area contributed by atoms with Gasteiger partial charge in [0.2, 0.25) is 5.91 Å². The first kappa shape index (κ1) is 14.0. The minimum atomic E-state index is -0.888. The number of amides is 3. The molecular weight excluding hydrogens is 298 g/mol. The second kappa shape index (κ2) is 4.71. The molecule has 7 heteroatoms. The van der Waals surface area contributed by atoms with Gasteiger partial charge in [0.05, 0.1) is 6.42 Å². The van der Waals surface area contributed by atoms with Crippen LogP contribution in [-0.2, 0) is 11.2 Å². The molecule has 4 rings (SSSR count). The average Bonchev–Trinajstić information content (AvgIpc) is 3.06. The van der Waals surface area contributed by atoms with Crippen molar-refractivity contribution in [3.05, 3.63) is 29.3 Å². The van der Waals surface area contributed by atoms with Crippen molar-refractivity contribution < 1.29 is 19.5 Å². The molecule has 23 heavy (non-hydrogen) atoms. The van der Waals surface area contributed by atoms with Crippen molar-refractivity contribution >= 4 is 23.6 Å². The molecule has 1 spiro atoms. The molecular formula is C16H17N3O4. The Kier molecular flexibility index (Phi) is 2.88. The fraction of sp³-hybridized carbons (Fsp3) is 0.438. The summed E-state index contributed by atoms with van der Waals surface area (Å²) in [5, 5.41) is 11.8. The van der Waals surface area contributed by atoms with Gasteiger partial charge in [0.25, 0.3) is 5.91 Å². The van der Waals surface area contributed by atoms with Crippen LogP contribution in [0.2, 0.25) is 0 Å². The first-order valence-electron chi connectivity index (χ1n) is 7.66. The summed E-state index contributed by atoms with van der Waals surface area (Å²) in [5.41, 5.74) is 2.13. The van der Waals surface area contributed by atoms with Gasteiger partial charge in [-0.25, -0.2) is 4.79 Å². The number of anilines is 1. The van der Waals surface area contributed by atoms with Gasteiger partial charge in [-0.05, 0) is 24.1 Å². The predicted molar refractivity (Wildman–Crippen MR) is 81.3 cm³/mol. The summed E-state index contributed by atoms with van der Waals surface area (Å²) < 4.78 is 0. The number of carbonyl (C=O) groups excluding carboxylic acids is 2. The summed E-state index contributed by atoms with van der Waals surface area (Å²) in [6, 6.07) is 5.30. The summed E-state index contributed by atoms with van der Waals surface area (Å²) in [7, 11) is 0. The lowest BCUT2D eigenvalue weighted by atomic mass is 9.78. The molecule has 0 aromatic heterocycles. The molecule has 1 aromatic rings. The number of nitrogens with zero attached hydrogens (tertiary/aromatic N) is 2. The topological polar surface area (TPSA) is 90.0 Å². The maximum Gasteiger partial charge on any atom is 0.407 e. The van der Waals surface area contributed by atoms with Crippen LogP contribution in [0.1, 0.15) is 22.3 Å². The Bertz CT molecular complexity index is 724. The summed E-state index contributed by atoms with van der Waals surface area (Å²) in [6.45, 7) is 2.24. The quantitative estimate of drug-likeness (QED) is 0.809. The molecule has 0 saturated carbocycles. The number of likely N-dealkylation sites (tertiary alicyclic amines) is 2. The third kappa shape index (κ3) is 2.23. The Morgan fingerprint density at radius 3 is 2.61 bits per heavy atom. The number of carboxylic acid groups (broad SMARTS) is 1. The highest BCUT2D eigenvalue weighted by molar-refractivity contribution is 6.02. The Balaban J connectivity index is 1.43. The fourth-order valence-corrected chi connectivity index (χ4v) is 3.79. The van der Waals surface area contributed by atoms with Crippen molar-refractivity contribution in [2.45, 2.75) is 12.8 Å². The number of carbonyl (C=O) groups is 3. The van der Waals surface area contributed by atoms with E-state index < -0.39 is 6.09 Å². The summed E-state index contributed by atoms with van der Waals surface area (Å²) >= 11 is 0. The number of hydrogen-bond donors (Lipinski definition) is 2. The first-order chi connectivity index (χ1) is 11.0. The SMILES string of the molecule is O=C1Cc2ccc(C(=O)N3CC4(CCN(C(=O)O)C4)C3)cc2N1. The van der Waals surface area contributed by atoms with Gasteiger partial charge < -0.3 is 20.2 Å². The molecule has 7 nitrogen and oxygen atoms in total. The highest BCUT2D eigenvalue weighted by atomic mass is 16.4. The Morgan fingerprint density at radius 2 is 1.91 bits per heavy atom. The van der Waals surface area contributed by atoms with Gasteiger partial charge in [0, 0.05) is 42.8 Å². The predicted octanol–water partition coefficient (Wildman–Crippen LogP) is 1.01. The zero-order chi connectivity index (χ0) is 16.2. The molecule has 0 atom stereocenters. The zero-order valence-electron chi connectivity index (χ0n) is 12.5. The van der Waals surface area contributed by atoms with E-state index >= 15 is 0 Å². The lowest BCUT2D eigenvalue weighted by Gasteiger charge is -2.47. The summed E-state index contributed by atoms with van der Waals surface area (Å²) in [5.74, 6) is -0.111. The number of rotatable bonds is 1. The largest absolute Gasteiger partial charge is 0.465 e. The standard InChI is InChI=1S/C16H17N3O4/c20-13-6-10-1-2-11(5-12(10)17-13)14(21)19-8-16(9-19)3-4-18(7-16)15(22)23/h1-2,5H,3-4,6-9H2,(H,17,20)(H,22,23). The molecule has 3 aliphatic heterocycles. The second-order valence-corrected chi connectivity index (χ2v) is 6.71. The molecule has 0 radical (unpaired) electrons. The van der Waals surface area contributed by atoms with Crippen molar-refractivity contribution in [2.24, 2.45) is 5.41 Å². The van der Waals surface area contributed by atoms with Gasteiger partial charge >= 0.3 is 6.09 Å². The van der Waals surface area contributed by atoms with Gasteiger partial charge in [-0.1, -0.05) is 6.07 Å². The van der Waals surface area contributed by atoms with Crippen LogP contribution >= 0.6 is 0 Å². The van der Waals surface area contributed by atoms with Crippen LogP contribution in [0.25, 0.3) is 0 Å². The Morgan fingerprint density at radius 1 is 1.17 bits per heavy atom. The normalized spacial score (nSPS) is 21.1. The molecule has 120 valence electrons. The molecule has 3 heterocycles. The van der Waals surface area contributed by atoms with Gasteiger partial charge in [-0.15, -0.1) is 0 Å². The molecule has 3 aliphatic rings. The highest BCUT2D eigenvalue weighted by Crippen LogP contribution is 2.40. The van der Waals surface area contributed by atoms with Crippen LogP contribution in [0.4, 0.5) is 10.5 Å². The van der Waals surface area contributed by atoms with E-state index in [1.165, 1.54) is 4.90 Å². The molecule has 2 N–H and O–H groups in total. The minimum absolute atomic E-state index is 0.0489. The maximum atomic E-state index is 12.5. The lowest BCUT2D eigenvalue weighted by molar-refractivity contribution is -0.115. The summed E-state index contributed by atoms with van der Waals surface area (Å²) in [4.78, 5) is 38.1. The Labute approximate surface area is 132 Å². The number of nitrogens with one attached hydrogen (secondary N) is 1. The smallest absolute Gasteiger partial charge is 0.407 e. The second-order valence-electron chi connectivity index (χ2n) is 6.71. The molecule has 0 unspecified atom stereocenters. The van der Waals surface area contributed by atoms with E-state index in [4.69, 9.17) is 5.11 Å². The molecule has 2 saturated heterocycles. The van der Waals surface area contributed by atoms with E-state index in [2.05, 4.69) is 5.32 Å². The van der Waals surface area contributed by atoms with Crippen molar-refractivity contribution in [3.8, 4) is 0 Å². The number of fused-ring (bicyclic) bond motifs is 1. The van der Waals surface area contributed by atoms with E-state index in [1.807, 2.05) is 6.07 Å². The van der Waals surface area contributed by atoms with Crippen molar-refractivity contribution in [2.75, 3.05) is 31.5 Å². The molecule has 1 aromatic carbocycles. The van der Waals surface area contributed by atoms with Gasteiger partial charge in [-0.2, -0.15) is 0 Å². The van der Waals surface area contributed by atoms with E-state index in [0.29, 0.717) is 43.9 Å². The number of benzene rings is 1. The van der Waals surface area contributed by atoms with Gasteiger partial charge in [-0.3, -0.25) is 9.59 Å². The molecule has 3 amide bonds. The van der Waals surface area contributed by atoms with Crippen molar-refractivity contribution in [3.63, 3.8) is 0 Å². The molecule has 2 fully saturated rings. The summed E-state index contributed by atoms with van der Waals surface area (Å²) in [6.07, 6.45) is 0.284. The average molecular weight is 315 g/mol. The van der Waals surface area contributed by atoms with Gasteiger partial charge in [0.1, 0.15) is 0 Å². The highest BCUT2D eigenvalue weighted by Gasteiger charge is 2.50. The van der Waals surface area contributed by atoms with E-state index in [1.54, 1.807) is 17.0 Å². The zero-order valence-corrected chi connectivity index (χ0v) is 12.5. The number of hydrogen-bond acceptors (Lipinski definition) is 3. The lowest BCUT2D eigenvalue weighted by Crippen LogP contribution is -2.59. The first-order valence-corrected chi connectivity index (χ1v) is 7.66. The van der Waals surface area contributed by atoms with Crippen LogP contribution in [0.3, 0.4) is 0 Å². The van der Waals surface area contributed by atoms with Crippen molar-refractivity contribution in [1.82, 2.24) is 9.80 Å².